The largest absolute Gasteiger partial charge is 0.0847 e. The van der Waals surface area contributed by atoms with Crippen LogP contribution in [0.5, 0.6) is 0 Å². The molecule has 0 aliphatic carbocycles. The number of hydrogen-bond donors (Lipinski definition) is 0. The molecule has 0 spiro atoms. The van der Waals surface area contributed by atoms with Gasteiger partial charge < -0.3 is 0 Å². The summed E-state index contributed by atoms with van der Waals surface area (Å²) in [6, 6.07) is 7.22. The zero-order chi connectivity index (χ0) is 17.8. The van der Waals surface area contributed by atoms with Crippen LogP contribution in [-0.4, -0.2) is 0 Å². The van der Waals surface area contributed by atoms with Crippen molar-refractivity contribution in [3.8, 4) is 0 Å². The molecule has 0 aromatic heterocycles. The van der Waals surface area contributed by atoms with Gasteiger partial charge in [-0.3, -0.25) is 0 Å². The predicted molar refractivity (Wildman–Crippen MR) is 105 cm³/mol. The molecule has 0 heteroatoms. The third-order valence-electron chi connectivity index (χ3n) is 4.58. The highest BCUT2D eigenvalue weighted by Crippen LogP contribution is 2.33. The Labute approximate surface area is 144 Å². The van der Waals surface area contributed by atoms with E-state index < -0.39 is 0 Å². The van der Waals surface area contributed by atoms with E-state index in [9.17, 15) is 0 Å². The molecule has 0 fully saturated rings. The van der Waals surface area contributed by atoms with Gasteiger partial charge in [-0.05, 0) is 53.7 Å². The van der Waals surface area contributed by atoms with Crippen LogP contribution >= 0.6 is 0 Å². The van der Waals surface area contributed by atoms with Gasteiger partial charge >= 0.3 is 0 Å². The molecule has 1 rings (SSSR count). The first kappa shape index (κ1) is 19.7. The Hall–Kier alpha value is -1.30. The van der Waals surface area contributed by atoms with Crippen molar-refractivity contribution < 1.29 is 0 Å². The average Bonchev–Trinajstić information content (AvgIpc) is 2.44. The lowest BCUT2D eigenvalue weighted by atomic mass is 9.78. The third kappa shape index (κ3) is 6.01. The van der Waals surface area contributed by atoms with Crippen molar-refractivity contribution in [2.45, 2.75) is 85.5 Å². The van der Waals surface area contributed by atoms with Gasteiger partial charge in [-0.1, -0.05) is 90.5 Å². The third-order valence-corrected chi connectivity index (χ3v) is 4.58. The highest BCUT2D eigenvalue weighted by atomic mass is 14.3. The highest BCUT2D eigenvalue weighted by Gasteiger charge is 2.21. The van der Waals surface area contributed by atoms with E-state index in [1.807, 2.05) is 0 Å². The van der Waals surface area contributed by atoms with E-state index >= 15 is 0 Å². The second kappa shape index (κ2) is 7.51. The van der Waals surface area contributed by atoms with Gasteiger partial charge in [0.1, 0.15) is 0 Å². The maximum Gasteiger partial charge on any atom is -0.0132 e. The summed E-state index contributed by atoms with van der Waals surface area (Å²) in [7, 11) is 0. The highest BCUT2D eigenvalue weighted by molar-refractivity contribution is 5.39. The first-order chi connectivity index (χ1) is 10.4. The lowest BCUT2D eigenvalue weighted by Gasteiger charge is -2.27. The zero-order valence-corrected chi connectivity index (χ0v) is 16.7. The quantitative estimate of drug-likeness (QED) is 0.512. The van der Waals surface area contributed by atoms with Gasteiger partial charge in [-0.2, -0.15) is 0 Å². The van der Waals surface area contributed by atoms with Crippen molar-refractivity contribution in [3.63, 3.8) is 0 Å². The van der Waals surface area contributed by atoms with Gasteiger partial charge in [0.25, 0.3) is 0 Å². The van der Waals surface area contributed by atoms with Crippen LogP contribution < -0.4 is 0 Å². The molecule has 0 radical (unpaired) electrons. The molecular formula is C23H36. The molecule has 1 unspecified atom stereocenters. The summed E-state index contributed by atoms with van der Waals surface area (Å²) in [6.45, 7) is 20.4. The predicted octanol–water partition coefficient (Wildman–Crippen LogP) is 7.30. The smallest absolute Gasteiger partial charge is 0.0132 e. The maximum atomic E-state index is 2.41. The second-order valence-electron chi connectivity index (χ2n) is 8.92. The molecule has 1 aromatic carbocycles. The molecule has 0 bridgehead atoms. The van der Waals surface area contributed by atoms with Crippen LogP contribution in [0.2, 0.25) is 0 Å². The van der Waals surface area contributed by atoms with Crippen LogP contribution in [0.3, 0.4) is 0 Å². The molecular weight excluding hydrogens is 276 g/mol. The molecule has 0 N–H and O–H groups in total. The van der Waals surface area contributed by atoms with Gasteiger partial charge in [-0.25, -0.2) is 0 Å². The topological polar surface area (TPSA) is 0 Å². The molecule has 0 amide bonds. The summed E-state index contributed by atoms with van der Waals surface area (Å²) in [5, 5.41) is 0. The van der Waals surface area contributed by atoms with Gasteiger partial charge in [0.15, 0.2) is 0 Å². The number of hydrogen-bond acceptors (Lipinski definition) is 0. The second-order valence-corrected chi connectivity index (χ2v) is 8.92. The van der Waals surface area contributed by atoms with E-state index in [1.54, 1.807) is 0 Å². The zero-order valence-electron chi connectivity index (χ0n) is 16.7. The maximum absolute atomic E-state index is 2.41. The number of benzene rings is 1. The van der Waals surface area contributed by atoms with Gasteiger partial charge in [0, 0.05) is 0 Å². The van der Waals surface area contributed by atoms with Crippen molar-refractivity contribution >= 4 is 0 Å². The van der Waals surface area contributed by atoms with Crippen molar-refractivity contribution in [1.29, 1.82) is 0 Å². The Bertz CT molecular complexity index is 539. The van der Waals surface area contributed by atoms with Crippen molar-refractivity contribution in [2.75, 3.05) is 0 Å². The summed E-state index contributed by atoms with van der Waals surface area (Å²) in [5.74, 6) is 0.541. The molecule has 1 aromatic rings. The minimum absolute atomic E-state index is 0.188. The average molecular weight is 313 g/mol. The van der Waals surface area contributed by atoms with Crippen LogP contribution in [0, 0.1) is 0 Å². The van der Waals surface area contributed by atoms with Crippen molar-refractivity contribution in [2.24, 2.45) is 0 Å². The number of rotatable bonds is 4. The molecule has 1 atom stereocenters. The molecule has 23 heavy (non-hydrogen) atoms. The Kier molecular flexibility index (Phi) is 6.45. The van der Waals surface area contributed by atoms with Crippen molar-refractivity contribution in [3.05, 3.63) is 58.7 Å². The standard InChI is InChI=1S/C23H36/c1-10-17(2)12-11-13-18(3)19-14-20(22(4,5)6)16-21(15-19)23(7,8)9/h10-12,14-16,18H,13H2,1-9H3/b12-11+,17-10+. The first-order valence-electron chi connectivity index (χ1n) is 8.90. The van der Waals surface area contributed by atoms with Gasteiger partial charge in [0.05, 0.1) is 0 Å². The van der Waals surface area contributed by atoms with Crippen LogP contribution in [0.15, 0.2) is 42.0 Å². The Morgan fingerprint density at radius 1 is 0.957 bits per heavy atom. The Morgan fingerprint density at radius 2 is 1.43 bits per heavy atom. The van der Waals surface area contributed by atoms with E-state index in [0.29, 0.717) is 5.92 Å². The monoisotopic (exact) mass is 312 g/mol. The van der Waals surface area contributed by atoms with Crippen LogP contribution in [0.4, 0.5) is 0 Å². The number of allylic oxidation sites excluding steroid dienone is 4. The van der Waals surface area contributed by atoms with E-state index in [0.717, 1.165) is 6.42 Å². The van der Waals surface area contributed by atoms with E-state index in [4.69, 9.17) is 0 Å². The SMILES string of the molecule is C/C=C(C)/C=C/CC(C)c1cc(C(C)(C)C)cc(C(C)(C)C)c1. The molecule has 128 valence electrons. The molecule has 0 saturated heterocycles. The van der Waals surface area contributed by atoms with Crippen LogP contribution in [0.1, 0.15) is 91.3 Å². The fourth-order valence-corrected chi connectivity index (χ4v) is 2.49. The van der Waals surface area contributed by atoms with E-state index in [-0.39, 0.29) is 10.8 Å². The molecule has 0 nitrogen and oxygen atoms in total. The van der Waals surface area contributed by atoms with Gasteiger partial charge in [0.2, 0.25) is 0 Å². The lowest BCUT2D eigenvalue weighted by Crippen LogP contribution is -2.17. The molecule has 0 heterocycles. The summed E-state index contributed by atoms with van der Waals surface area (Å²) >= 11 is 0. The Balaban J connectivity index is 3.17. The van der Waals surface area contributed by atoms with Crippen LogP contribution in [-0.2, 0) is 10.8 Å². The fraction of sp³-hybridized carbons (Fsp3) is 0.565. The molecule has 0 saturated carbocycles. The summed E-state index contributed by atoms with van der Waals surface area (Å²) in [6.07, 6.45) is 7.77. The normalized spacial score (nSPS) is 15.3. The van der Waals surface area contributed by atoms with Gasteiger partial charge in [-0.15, -0.1) is 0 Å². The lowest BCUT2D eigenvalue weighted by molar-refractivity contribution is 0.565. The van der Waals surface area contributed by atoms with E-state index in [2.05, 4.69) is 98.7 Å². The summed E-state index contributed by atoms with van der Waals surface area (Å²) in [4.78, 5) is 0. The summed E-state index contributed by atoms with van der Waals surface area (Å²) < 4.78 is 0. The first-order valence-corrected chi connectivity index (χ1v) is 8.90. The fourth-order valence-electron chi connectivity index (χ4n) is 2.49. The van der Waals surface area contributed by atoms with Crippen molar-refractivity contribution in [1.82, 2.24) is 0 Å². The molecule has 0 aliphatic rings. The summed E-state index contributed by atoms with van der Waals surface area (Å²) in [5.41, 5.74) is 6.06. The minimum Gasteiger partial charge on any atom is -0.0847 e. The Morgan fingerprint density at radius 3 is 1.83 bits per heavy atom. The van der Waals surface area contributed by atoms with E-state index in [1.165, 1.54) is 22.3 Å². The minimum atomic E-state index is 0.188. The molecule has 0 aliphatic heterocycles. The van der Waals surface area contributed by atoms with Crippen LogP contribution in [0.25, 0.3) is 0 Å².